The van der Waals surface area contributed by atoms with Crippen molar-refractivity contribution < 1.29 is 9.59 Å². The molecule has 5 heteroatoms. The van der Waals surface area contributed by atoms with Gasteiger partial charge in [-0.3, -0.25) is 14.6 Å². The van der Waals surface area contributed by atoms with Crippen molar-refractivity contribution >= 4 is 11.8 Å². The number of nitrogens with zero attached hydrogens (tertiary/aromatic N) is 1. The topological polar surface area (TPSA) is 71.1 Å². The molecule has 0 aliphatic heterocycles. The Morgan fingerprint density at radius 3 is 2.86 bits per heavy atom. The van der Waals surface area contributed by atoms with E-state index in [0.29, 0.717) is 12.1 Å². The summed E-state index contributed by atoms with van der Waals surface area (Å²) >= 11 is 0. The number of amides is 2. The summed E-state index contributed by atoms with van der Waals surface area (Å²) in [5.41, 5.74) is 1.89. The third-order valence-electron chi connectivity index (χ3n) is 3.49. The summed E-state index contributed by atoms with van der Waals surface area (Å²) in [6, 6.07) is 3.35. The molecule has 0 saturated carbocycles. The highest BCUT2D eigenvalue weighted by Crippen LogP contribution is 2.19. The van der Waals surface area contributed by atoms with Crippen LogP contribution in [0.4, 0.5) is 0 Å². The second-order valence-corrected chi connectivity index (χ2v) is 5.13. The lowest BCUT2D eigenvalue weighted by atomic mass is 9.97. The van der Waals surface area contributed by atoms with E-state index in [2.05, 4.69) is 21.7 Å². The van der Waals surface area contributed by atoms with E-state index in [9.17, 15) is 9.59 Å². The first-order valence-electron chi connectivity index (χ1n) is 7.38. The van der Waals surface area contributed by atoms with Crippen molar-refractivity contribution in [3.05, 3.63) is 41.7 Å². The number of nitrogens with one attached hydrogen (secondary N) is 2. The zero-order valence-electron chi connectivity index (χ0n) is 12.1. The van der Waals surface area contributed by atoms with Gasteiger partial charge in [-0.1, -0.05) is 11.6 Å². The minimum absolute atomic E-state index is 0.00717. The first-order valence-corrected chi connectivity index (χ1v) is 7.38. The number of carbonyl (C=O) groups is 2. The maximum Gasteiger partial charge on any atom is 0.253 e. The van der Waals surface area contributed by atoms with Gasteiger partial charge in [0.2, 0.25) is 5.91 Å². The normalized spacial score (nSPS) is 14.2. The van der Waals surface area contributed by atoms with Crippen LogP contribution in [-0.4, -0.2) is 29.9 Å². The predicted molar refractivity (Wildman–Crippen MR) is 80.7 cm³/mol. The maximum absolute atomic E-state index is 11.7. The molecule has 1 aliphatic rings. The number of hydrogen-bond acceptors (Lipinski definition) is 3. The van der Waals surface area contributed by atoms with Crippen LogP contribution in [0.1, 0.15) is 42.5 Å². The Morgan fingerprint density at radius 1 is 1.24 bits per heavy atom. The molecule has 0 aromatic carbocycles. The van der Waals surface area contributed by atoms with E-state index in [1.54, 1.807) is 18.3 Å². The lowest BCUT2D eigenvalue weighted by Crippen LogP contribution is -2.37. The highest BCUT2D eigenvalue weighted by atomic mass is 16.2. The third kappa shape index (κ3) is 5.38. The first-order chi connectivity index (χ1) is 10.3. The monoisotopic (exact) mass is 287 g/mol. The van der Waals surface area contributed by atoms with Crippen molar-refractivity contribution in [2.45, 2.75) is 32.1 Å². The number of rotatable bonds is 6. The first kappa shape index (κ1) is 15.2. The van der Waals surface area contributed by atoms with Crippen LogP contribution < -0.4 is 10.6 Å². The fourth-order valence-electron chi connectivity index (χ4n) is 2.32. The molecule has 0 unspecified atom stereocenters. The highest BCUT2D eigenvalue weighted by molar-refractivity contribution is 5.96. The van der Waals surface area contributed by atoms with Crippen LogP contribution in [-0.2, 0) is 4.79 Å². The van der Waals surface area contributed by atoms with E-state index in [1.807, 2.05) is 0 Å². The maximum atomic E-state index is 11.7. The van der Waals surface area contributed by atoms with Crippen LogP contribution >= 0.6 is 0 Å². The molecular formula is C16H21N3O2. The van der Waals surface area contributed by atoms with Gasteiger partial charge in [0, 0.05) is 18.9 Å². The standard InChI is InChI=1S/C16H21N3O2/c20-15(18-10-8-13-5-2-1-3-6-13)12-19-16(21)14-7-4-9-17-11-14/h4-5,7,9,11H,1-3,6,8,10,12H2,(H,18,20)(H,19,21). The molecular weight excluding hydrogens is 266 g/mol. The van der Waals surface area contributed by atoms with Gasteiger partial charge in [-0.25, -0.2) is 0 Å². The molecule has 0 bridgehead atoms. The van der Waals surface area contributed by atoms with Crippen LogP contribution in [0, 0.1) is 0 Å². The number of hydrogen-bond donors (Lipinski definition) is 2. The smallest absolute Gasteiger partial charge is 0.253 e. The molecule has 5 nitrogen and oxygen atoms in total. The van der Waals surface area contributed by atoms with E-state index in [1.165, 1.54) is 24.6 Å². The Kier molecular flexibility index (Phi) is 5.94. The van der Waals surface area contributed by atoms with E-state index in [4.69, 9.17) is 0 Å². The van der Waals surface area contributed by atoms with Crippen LogP contribution in [0.2, 0.25) is 0 Å². The molecule has 112 valence electrons. The summed E-state index contributed by atoms with van der Waals surface area (Å²) < 4.78 is 0. The predicted octanol–water partition coefficient (Wildman–Crippen LogP) is 1.82. The molecule has 2 N–H and O–H groups in total. The summed E-state index contributed by atoms with van der Waals surface area (Å²) in [5, 5.41) is 5.41. The van der Waals surface area contributed by atoms with Crippen molar-refractivity contribution in [3.8, 4) is 0 Å². The Balaban J connectivity index is 1.63. The highest BCUT2D eigenvalue weighted by Gasteiger charge is 2.08. The second kappa shape index (κ2) is 8.19. The van der Waals surface area contributed by atoms with Gasteiger partial charge in [0.15, 0.2) is 0 Å². The van der Waals surface area contributed by atoms with Crippen molar-refractivity contribution in [2.75, 3.05) is 13.1 Å². The van der Waals surface area contributed by atoms with Gasteiger partial charge in [0.05, 0.1) is 12.1 Å². The number of allylic oxidation sites excluding steroid dienone is 1. The van der Waals surface area contributed by atoms with Crippen molar-refractivity contribution in [1.82, 2.24) is 15.6 Å². The molecule has 1 aromatic rings. The fraction of sp³-hybridized carbons (Fsp3) is 0.438. The van der Waals surface area contributed by atoms with Crippen LogP contribution in [0.15, 0.2) is 36.2 Å². The minimum atomic E-state index is -0.284. The van der Waals surface area contributed by atoms with Crippen molar-refractivity contribution in [3.63, 3.8) is 0 Å². The van der Waals surface area contributed by atoms with Crippen molar-refractivity contribution in [2.24, 2.45) is 0 Å². The molecule has 0 atom stereocenters. The van der Waals surface area contributed by atoms with E-state index in [-0.39, 0.29) is 18.4 Å². The molecule has 0 radical (unpaired) electrons. The number of pyridine rings is 1. The minimum Gasteiger partial charge on any atom is -0.354 e. The zero-order valence-corrected chi connectivity index (χ0v) is 12.1. The molecule has 1 aliphatic carbocycles. The molecule has 0 spiro atoms. The summed E-state index contributed by atoms with van der Waals surface area (Å²) in [6.45, 7) is 0.625. The van der Waals surface area contributed by atoms with Gasteiger partial charge >= 0.3 is 0 Å². The van der Waals surface area contributed by atoms with E-state index < -0.39 is 0 Å². The summed E-state index contributed by atoms with van der Waals surface area (Å²) in [5.74, 6) is -0.447. The average Bonchev–Trinajstić information content (AvgIpc) is 2.54. The van der Waals surface area contributed by atoms with Crippen LogP contribution in [0.5, 0.6) is 0 Å². The Labute approximate surface area is 124 Å². The number of carbonyl (C=O) groups excluding carboxylic acids is 2. The third-order valence-corrected chi connectivity index (χ3v) is 3.49. The molecule has 21 heavy (non-hydrogen) atoms. The van der Waals surface area contributed by atoms with E-state index in [0.717, 1.165) is 19.3 Å². The molecule has 1 aromatic heterocycles. The molecule has 2 rings (SSSR count). The summed E-state index contributed by atoms with van der Waals surface area (Å²) in [4.78, 5) is 27.3. The lowest BCUT2D eigenvalue weighted by Gasteiger charge is -2.13. The second-order valence-electron chi connectivity index (χ2n) is 5.13. The summed E-state index contributed by atoms with van der Waals surface area (Å²) in [7, 11) is 0. The molecule has 0 fully saturated rings. The van der Waals surface area contributed by atoms with Crippen LogP contribution in [0.25, 0.3) is 0 Å². The fourth-order valence-corrected chi connectivity index (χ4v) is 2.32. The summed E-state index contributed by atoms with van der Waals surface area (Å²) in [6.07, 6.45) is 11.1. The average molecular weight is 287 g/mol. The molecule has 0 saturated heterocycles. The van der Waals surface area contributed by atoms with Gasteiger partial charge < -0.3 is 10.6 Å². The Morgan fingerprint density at radius 2 is 2.14 bits per heavy atom. The van der Waals surface area contributed by atoms with Crippen molar-refractivity contribution in [1.29, 1.82) is 0 Å². The van der Waals surface area contributed by atoms with Gasteiger partial charge in [0.25, 0.3) is 5.91 Å². The largest absolute Gasteiger partial charge is 0.354 e. The van der Waals surface area contributed by atoms with Crippen LogP contribution in [0.3, 0.4) is 0 Å². The molecule has 1 heterocycles. The Bertz CT molecular complexity index is 512. The zero-order chi connectivity index (χ0) is 14.9. The van der Waals surface area contributed by atoms with Gasteiger partial charge in [0.1, 0.15) is 0 Å². The van der Waals surface area contributed by atoms with Gasteiger partial charge in [-0.05, 0) is 44.2 Å². The SMILES string of the molecule is O=C(CNC(=O)c1cccnc1)NCCC1=CCCCC1. The van der Waals surface area contributed by atoms with E-state index >= 15 is 0 Å². The number of aromatic nitrogens is 1. The van der Waals surface area contributed by atoms with Gasteiger partial charge in [-0.15, -0.1) is 0 Å². The quantitative estimate of drug-likeness (QED) is 0.784. The lowest BCUT2D eigenvalue weighted by molar-refractivity contribution is -0.120. The van der Waals surface area contributed by atoms with Gasteiger partial charge in [-0.2, -0.15) is 0 Å². The Hall–Kier alpha value is -2.17. The molecule has 2 amide bonds.